The Bertz CT molecular complexity index is 640. The van der Waals surface area contributed by atoms with Gasteiger partial charge in [0.2, 0.25) is 0 Å². The first kappa shape index (κ1) is 19.1. The van der Waals surface area contributed by atoms with E-state index < -0.39 is 19.5 Å². The maximum atomic E-state index is 12.2. The van der Waals surface area contributed by atoms with Crippen molar-refractivity contribution in [2.45, 2.75) is 120 Å². The molecule has 0 amide bonds. The van der Waals surface area contributed by atoms with Crippen LogP contribution in [0.25, 0.3) is 0 Å². The highest BCUT2D eigenvalue weighted by molar-refractivity contribution is 6.74. The fraction of sp³-hybridized carbons (Fsp3) is 0.952. The molecular weight excluding hydrogens is 344 g/mol. The highest BCUT2D eigenvalue weighted by Crippen LogP contribution is 2.77. The van der Waals surface area contributed by atoms with Crippen molar-refractivity contribution < 1.29 is 19.1 Å². The van der Waals surface area contributed by atoms with E-state index in [1.807, 2.05) is 0 Å². The number of Topliss-reactive ketones (excluding diaryl/α,β-unsaturated/α-hetero) is 1. The van der Waals surface area contributed by atoms with E-state index in [0.29, 0.717) is 12.8 Å². The minimum Gasteiger partial charge on any atom is -0.413 e. The minimum atomic E-state index is -1.87. The maximum absolute atomic E-state index is 12.2. The van der Waals surface area contributed by atoms with Crippen molar-refractivity contribution in [1.29, 1.82) is 0 Å². The first-order valence-electron chi connectivity index (χ1n) is 10.4. The zero-order valence-electron chi connectivity index (χ0n) is 17.4. The number of epoxide rings is 1. The van der Waals surface area contributed by atoms with Gasteiger partial charge in [-0.3, -0.25) is 4.79 Å². The second kappa shape index (κ2) is 5.22. The third-order valence-electron chi connectivity index (χ3n) is 8.88. The third-order valence-corrected chi connectivity index (χ3v) is 13.4. The molecule has 0 aromatic rings. The molecule has 0 unspecified atom stereocenters. The van der Waals surface area contributed by atoms with Gasteiger partial charge >= 0.3 is 0 Å². The fourth-order valence-electron chi connectivity index (χ4n) is 6.19. The predicted octanol–water partition coefficient (Wildman–Crippen LogP) is 4.35. The molecule has 0 aromatic carbocycles. The summed E-state index contributed by atoms with van der Waals surface area (Å²) in [6.45, 7) is 13.9. The summed E-state index contributed by atoms with van der Waals surface area (Å²) in [5.41, 5.74) is -1.82. The molecule has 0 radical (unpaired) electrons. The maximum Gasteiger partial charge on any atom is 0.192 e. The van der Waals surface area contributed by atoms with Gasteiger partial charge in [-0.15, -0.1) is 0 Å². The number of hydrogen-bond acceptors (Lipinski definition) is 4. The lowest BCUT2D eigenvalue weighted by atomic mass is 9.56. The summed E-state index contributed by atoms with van der Waals surface area (Å²) in [6.07, 6.45) is 6.24. The summed E-state index contributed by atoms with van der Waals surface area (Å²) in [5, 5.41) is 11.7. The number of hydrogen-bond donors (Lipinski definition) is 1. The molecule has 1 saturated heterocycles. The van der Waals surface area contributed by atoms with E-state index in [1.54, 1.807) is 0 Å². The minimum absolute atomic E-state index is 0.0534. The summed E-state index contributed by atoms with van der Waals surface area (Å²) in [4.78, 5) is 12.2. The number of rotatable bonds is 2. The molecule has 5 atom stereocenters. The molecule has 1 N–H and O–H groups in total. The van der Waals surface area contributed by atoms with Gasteiger partial charge in [0.05, 0.1) is 6.10 Å². The van der Waals surface area contributed by atoms with Crippen LogP contribution in [0.2, 0.25) is 18.1 Å². The monoisotopic (exact) mass is 380 g/mol. The second-order valence-corrected chi connectivity index (χ2v) is 15.9. The standard InChI is InChI=1S/C21H36O4Si/c1-17(2,3)26(5,6)24-16-9-11-20-18(16,4)12-13-19(23)14-15(22)8-7-10-21(19,20)25-20/h16,23H,7-14H2,1-6H3/t16-,18+,19-,20+,21-/m0/s1. The Balaban J connectivity index is 1.66. The van der Waals surface area contributed by atoms with E-state index in [1.165, 1.54) is 0 Å². The fourth-order valence-corrected chi connectivity index (χ4v) is 7.63. The van der Waals surface area contributed by atoms with Crippen LogP contribution in [0.15, 0.2) is 0 Å². The predicted molar refractivity (Wildman–Crippen MR) is 104 cm³/mol. The van der Waals surface area contributed by atoms with Crippen LogP contribution in [0.3, 0.4) is 0 Å². The van der Waals surface area contributed by atoms with Crippen molar-refractivity contribution in [3.05, 3.63) is 0 Å². The number of ether oxygens (including phenoxy) is 1. The van der Waals surface area contributed by atoms with E-state index in [9.17, 15) is 9.90 Å². The summed E-state index contributed by atoms with van der Waals surface area (Å²) in [6, 6.07) is 0. The average Bonchev–Trinajstić information content (AvgIpc) is 3.14. The summed E-state index contributed by atoms with van der Waals surface area (Å²) in [5.74, 6) is 0.200. The lowest BCUT2D eigenvalue weighted by Gasteiger charge is -2.49. The van der Waals surface area contributed by atoms with Crippen molar-refractivity contribution in [2.75, 3.05) is 0 Å². The molecule has 1 aliphatic heterocycles. The van der Waals surface area contributed by atoms with E-state index in [4.69, 9.17) is 9.16 Å². The van der Waals surface area contributed by atoms with Gasteiger partial charge in [0.1, 0.15) is 22.6 Å². The Hall–Kier alpha value is -0.233. The van der Waals surface area contributed by atoms with Crippen molar-refractivity contribution in [3.63, 3.8) is 0 Å². The molecule has 3 aliphatic carbocycles. The molecule has 0 aromatic heterocycles. The van der Waals surface area contributed by atoms with Crippen molar-refractivity contribution in [1.82, 2.24) is 0 Å². The topological polar surface area (TPSA) is 59.1 Å². The number of aliphatic hydroxyl groups is 1. The van der Waals surface area contributed by atoms with E-state index in [0.717, 1.165) is 32.1 Å². The number of carbonyl (C=O) groups excluding carboxylic acids is 1. The van der Waals surface area contributed by atoms with E-state index >= 15 is 0 Å². The molecule has 0 bridgehead atoms. The molecule has 1 heterocycles. The lowest BCUT2D eigenvalue weighted by molar-refractivity contribution is -0.129. The number of carbonyl (C=O) groups is 1. The quantitative estimate of drug-likeness (QED) is 0.571. The van der Waals surface area contributed by atoms with Gasteiger partial charge in [-0.05, 0) is 56.7 Å². The van der Waals surface area contributed by atoms with Crippen LogP contribution in [0.4, 0.5) is 0 Å². The molecule has 4 fully saturated rings. The molecule has 4 nitrogen and oxygen atoms in total. The molecule has 3 saturated carbocycles. The molecule has 148 valence electrons. The summed E-state index contributed by atoms with van der Waals surface area (Å²) in [7, 11) is -1.87. The van der Waals surface area contributed by atoms with Crippen LogP contribution in [-0.2, 0) is 14.0 Å². The van der Waals surface area contributed by atoms with E-state index in [2.05, 4.69) is 40.8 Å². The number of ketones is 1. The van der Waals surface area contributed by atoms with Crippen molar-refractivity contribution in [2.24, 2.45) is 5.41 Å². The van der Waals surface area contributed by atoms with Gasteiger partial charge in [0.25, 0.3) is 0 Å². The summed E-state index contributed by atoms with van der Waals surface area (Å²) < 4.78 is 13.5. The van der Waals surface area contributed by atoms with Crippen LogP contribution in [0, 0.1) is 5.41 Å². The molecule has 5 heteroatoms. The Labute approximate surface area is 159 Å². The van der Waals surface area contributed by atoms with Crippen LogP contribution >= 0.6 is 0 Å². The molecule has 4 rings (SSSR count). The van der Waals surface area contributed by atoms with Gasteiger partial charge < -0.3 is 14.3 Å². The summed E-state index contributed by atoms with van der Waals surface area (Å²) >= 11 is 0. The Morgan fingerprint density at radius 2 is 1.85 bits per heavy atom. The average molecular weight is 381 g/mol. The highest BCUT2D eigenvalue weighted by Gasteiger charge is 2.88. The Morgan fingerprint density at radius 1 is 1.15 bits per heavy atom. The van der Waals surface area contributed by atoms with Gasteiger partial charge in [0, 0.05) is 18.3 Å². The van der Waals surface area contributed by atoms with E-state index in [-0.39, 0.29) is 34.4 Å². The van der Waals surface area contributed by atoms with Crippen LogP contribution in [0.1, 0.15) is 79.1 Å². The zero-order chi connectivity index (χ0) is 19.2. The second-order valence-electron chi connectivity index (χ2n) is 11.2. The molecule has 2 spiro atoms. The van der Waals surface area contributed by atoms with Crippen LogP contribution in [0.5, 0.6) is 0 Å². The molecule has 4 aliphatic rings. The largest absolute Gasteiger partial charge is 0.413 e. The lowest BCUT2D eigenvalue weighted by Crippen LogP contribution is -2.60. The zero-order valence-corrected chi connectivity index (χ0v) is 18.4. The Kier molecular flexibility index (Phi) is 3.83. The van der Waals surface area contributed by atoms with Gasteiger partial charge in [-0.1, -0.05) is 27.7 Å². The molecule has 26 heavy (non-hydrogen) atoms. The SMILES string of the molecule is CC(C)(C)[Si](C)(C)O[C@H]1CC[C@]23O[C@]24CCCC(=O)C[C@@]4(O)CC[C@]13C. The van der Waals surface area contributed by atoms with Crippen LogP contribution < -0.4 is 0 Å². The van der Waals surface area contributed by atoms with Crippen molar-refractivity contribution >= 4 is 14.1 Å². The first-order valence-corrected chi connectivity index (χ1v) is 13.4. The van der Waals surface area contributed by atoms with Gasteiger partial charge in [-0.2, -0.15) is 0 Å². The van der Waals surface area contributed by atoms with Gasteiger partial charge in [-0.25, -0.2) is 0 Å². The third kappa shape index (κ3) is 2.15. The first-order chi connectivity index (χ1) is 11.8. The Morgan fingerprint density at radius 3 is 2.50 bits per heavy atom. The van der Waals surface area contributed by atoms with Gasteiger partial charge in [0.15, 0.2) is 8.32 Å². The molecular formula is C21H36O4Si. The smallest absolute Gasteiger partial charge is 0.192 e. The van der Waals surface area contributed by atoms with Crippen LogP contribution in [-0.4, -0.2) is 42.1 Å². The highest BCUT2D eigenvalue weighted by atomic mass is 28.4. The van der Waals surface area contributed by atoms with Crippen molar-refractivity contribution in [3.8, 4) is 0 Å². The normalized spacial score (nSPS) is 48.4.